The van der Waals surface area contributed by atoms with E-state index in [1.54, 1.807) is 0 Å². The summed E-state index contributed by atoms with van der Waals surface area (Å²) in [5.74, 6) is 0. The molecule has 0 heterocycles. The van der Waals surface area contributed by atoms with Gasteiger partial charge >= 0.3 is 0 Å². The summed E-state index contributed by atoms with van der Waals surface area (Å²) >= 11 is 0. The molecule has 0 unspecified atom stereocenters. The second kappa shape index (κ2) is 7.84. The Hall–Kier alpha value is -1.02. The number of nitrogens with zero attached hydrogens (tertiary/aromatic N) is 1. The summed E-state index contributed by atoms with van der Waals surface area (Å²) in [4.78, 5) is 2.46. The Labute approximate surface area is 130 Å². The van der Waals surface area contributed by atoms with Gasteiger partial charge in [0, 0.05) is 31.2 Å². The van der Waals surface area contributed by atoms with E-state index in [9.17, 15) is 0 Å². The lowest BCUT2D eigenvalue weighted by atomic mass is 9.79. The quantitative estimate of drug-likeness (QED) is 0.787. The summed E-state index contributed by atoms with van der Waals surface area (Å²) in [6.45, 7) is 4.52. The molecule has 0 aliphatic heterocycles. The molecule has 0 atom stereocenters. The second-order valence-corrected chi connectivity index (χ2v) is 6.82. The Morgan fingerprint density at radius 3 is 2.19 bits per heavy atom. The fraction of sp³-hybridized carbons (Fsp3) is 0.684. The molecular weight excluding hydrogens is 256 g/mol. The molecule has 1 N–H and O–H groups in total. The van der Waals surface area contributed by atoms with Gasteiger partial charge in [-0.1, -0.05) is 44.7 Å². The topological polar surface area (TPSA) is 15.3 Å². The molecule has 0 amide bonds. The first kappa shape index (κ1) is 16.4. The van der Waals surface area contributed by atoms with E-state index < -0.39 is 0 Å². The third-order valence-corrected chi connectivity index (χ3v) is 5.07. The average Bonchev–Trinajstić information content (AvgIpc) is 2.73. The lowest BCUT2D eigenvalue weighted by molar-refractivity contribution is 0.245. The fourth-order valence-corrected chi connectivity index (χ4v) is 3.82. The lowest BCUT2D eigenvalue weighted by Gasteiger charge is -2.37. The molecule has 0 spiro atoms. The number of hydrogen-bond donors (Lipinski definition) is 1. The highest BCUT2D eigenvalue weighted by Gasteiger charge is 2.31. The summed E-state index contributed by atoms with van der Waals surface area (Å²) in [6.07, 6.45) is 9.47. The van der Waals surface area contributed by atoms with Gasteiger partial charge in [-0.05, 0) is 44.0 Å². The van der Waals surface area contributed by atoms with Gasteiger partial charge in [0.05, 0.1) is 0 Å². The largest absolute Gasteiger partial charge is 0.374 e. The van der Waals surface area contributed by atoms with Crippen molar-refractivity contribution >= 4 is 5.69 Å². The predicted octanol–water partition coefficient (Wildman–Crippen LogP) is 4.25. The molecule has 118 valence electrons. The van der Waals surface area contributed by atoms with Gasteiger partial charge in [-0.2, -0.15) is 0 Å². The molecule has 21 heavy (non-hydrogen) atoms. The van der Waals surface area contributed by atoms with Gasteiger partial charge in [-0.3, -0.25) is 0 Å². The van der Waals surface area contributed by atoms with Crippen LogP contribution in [-0.4, -0.2) is 27.2 Å². The Kier molecular flexibility index (Phi) is 6.10. The van der Waals surface area contributed by atoms with Crippen LogP contribution in [0.2, 0.25) is 0 Å². The van der Waals surface area contributed by atoms with Gasteiger partial charge in [0.15, 0.2) is 0 Å². The molecule has 1 fully saturated rings. The zero-order chi connectivity index (χ0) is 15.1. The van der Waals surface area contributed by atoms with Crippen molar-refractivity contribution in [2.24, 2.45) is 5.41 Å². The van der Waals surface area contributed by atoms with Crippen LogP contribution in [0.25, 0.3) is 0 Å². The molecule has 0 saturated heterocycles. The van der Waals surface area contributed by atoms with Crippen LogP contribution in [0.15, 0.2) is 24.3 Å². The minimum absolute atomic E-state index is 0.448. The molecule has 1 aliphatic carbocycles. The molecule has 2 rings (SSSR count). The van der Waals surface area contributed by atoms with Crippen molar-refractivity contribution in [3.05, 3.63) is 29.8 Å². The normalized spacial score (nSPS) is 18.2. The summed E-state index contributed by atoms with van der Waals surface area (Å²) in [7, 11) is 4.35. The third kappa shape index (κ3) is 4.47. The molecule has 1 aromatic carbocycles. The molecule has 2 heteroatoms. The maximum absolute atomic E-state index is 3.45. The van der Waals surface area contributed by atoms with Crippen molar-refractivity contribution in [3.63, 3.8) is 0 Å². The predicted molar refractivity (Wildman–Crippen MR) is 93.2 cm³/mol. The Morgan fingerprint density at radius 2 is 1.67 bits per heavy atom. The van der Waals surface area contributed by atoms with Crippen molar-refractivity contribution < 1.29 is 0 Å². The van der Waals surface area contributed by atoms with Crippen LogP contribution in [-0.2, 0) is 6.42 Å². The van der Waals surface area contributed by atoms with Crippen LogP contribution >= 0.6 is 0 Å². The van der Waals surface area contributed by atoms with Gasteiger partial charge in [-0.15, -0.1) is 0 Å². The van der Waals surface area contributed by atoms with Crippen LogP contribution in [0.4, 0.5) is 5.69 Å². The average molecular weight is 288 g/mol. The SMILES string of the molecule is CCc1ccc(N(C)CC2(CNC)CCCCCC2)cc1. The fourth-order valence-electron chi connectivity index (χ4n) is 3.82. The molecular formula is C19H32N2. The number of rotatable bonds is 6. The van der Waals surface area contributed by atoms with Crippen LogP contribution in [0.1, 0.15) is 51.0 Å². The number of nitrogens with one attached hydrogen (secondary N) is 1. The number of aryl methyl sites for hydroxylation is 1. The van der Waals surface area contributed by atoms with Crippen molar-refractivity contribution in [3.8, 4) is 0 Å². The van der Waals surface area contributed by atoms with Crippen molar-refractivity contribution in [2.45, 2.75) is 51.9 Å². The zero-order valence-corrected chi connectivity index (χ0v) is 14.1. The van der Waals surface area contributed by atoms with Gasteiger partial charge in [-0.25, -0.2) is 0 Å². The van der Waals surface area contributed by atoms with E-state index in [-0.39, 0.29) is 0 Å². The molecule has 0 aromatic heterocycles. The first-order valence-corrected chi connectivity index (χ1v) is 8.64. The van der Waals surface area contributed by atoms with Crippen LogP contribution in [0, 0.1) is 5.41 Å². The molecule has 1 saturated carbocycles. The van der Waals surface area contributed by atoms with E-state index >= 15 is 0 Å². The minimum Gasteiger partial charge on any atom is -0.374 e. The van der Waals surface area contributed by atoms with Crippen LogP contribution in [0.5, 0.6) is 0 Å². The van der Waals surface area contributed by atoms with Gasteiger partial charge in [0.25, 0.3) is 0 Å². The maximum Gasteiger partial charge on any atom is 0.0363 e. The van der Waals surface area contributed by atoms with Crippen LogP contribution < -0.4 is 10.2 Å². The first-order chi connectivity index (χ1) is 10.2. The lowest BCUT2D eigenvalue weighted by Crippen LogP contribution is -2.42. The van der Waals surface area contributed by atoms with Gasteiger partial charge in [0.2, 0.25) is 0 Å². The van der Waals surface area contributed by atoms with E-state index in [4.69, 9.17) is 0 Å². The third-order valence-electron chi connectivity index (χ3n) is 5.07. The number of benzene rings is 1. The number of anilines is 1. The van der Waals surface area contributed by atoms with Crippen molar-refractivity contribution in [2.75, 3.05) is 32.1 Å². The summed E-state index contributed by atoms with van der Waals surface area (Å²) in [5, 5.41) is 3.45. The van der Waals surface area contributed by atoms with Gasteiger partial charge in [0.1, 0.15) is 0 Å². The highest BCUT2D eigenvalue weighted by atomic mass is 15.1. The summed E-state index contributed by atoms with van der Waals surface area (Å²) < 4.78 is 0. The monoisotopic (exact) mass is 288 g/mol. The first-order valence-electron chi connectivity index (χ1n) is 8.64. The molecule has 0 radical (unpaired) electrons. The van der Waals surface area contributed by atoms with E-state index in [2.05, 4.69) is 55.5 Å². The molecule has 1 aromatic rings. The smallest absolute Gasteiger partial charge is 0.0363 e. The maximum atomic E-state index is 3.45. The van der Waals surface area contributed by atoms with Crippen molar-refractivity contribution in [1.29, 1.82) is 0 Å². The Morgan fingerprint density at radius 1 is 1.05 bits per heavy atom. The Bertz CT molecular complexity index is 402. The second-order valence-electron chi connectivity index (χ2n) is 6.82. The minimum atomic E-state index is 0.448. The van der Waals surface area contributed by atoms with Crippen molar-refractivity contribution in [1.82, 2.24) is 5.32 Å². The summed E-state index contributed by atoms with van der Waals surface area (Å²) in [5.41, 5.74) is 3.22. The summed E-state index contributed by atoms with van der Waals surface area (Å²) in [6, 6.07) is 9.10. The molecule has 2 nitrogen and oxygen atoms in total. The zero-order valence-electron chi connectivity index (χ0n) is 14.1. The van der Waals surface area contributed by atoms with Crippen LogP contribution in [0.3, 0.4) is 0 Å². The number of hydrogen-bond acceptors (Lipinski definition) is 2. The van der Waals surface area contributed by atoms with E-state index in [1.165, 1.54) is 56.3 Å². The van der Waals surface area contributed by atoms with E-state index in [0.29, 0.717) is 5.41 Å². The molecule has 1 aliphatic rings. The van der Waals surface area contributed by atoms with Gasteiger partial charge < -0.3 is 10.2 Å². The van der Waals surface area contributed by atoms with E-state index in [1.807, 2.05) is 0 Å². The molecule has 0 bridgehead atoms. The highest BCUT2D eigenvalue weighted by Crippen LogP contribution is 2.36. The highest BCUT2D eigenvalue weighted by molar-refractivity contribution is 5.47. The van der Waals surface area contributed by atoms with E-state index in [0.717, 1.165) is 13.0 Å². The Balaban J connectivity index is 2.07. The standard InChI is InChI=1S/C19H32N2/c1-4-17-9-11-18(12-10-17)21(3)16-19(15-20-2)13-7-5-6-8-14-19/h9-12,20H,4-8,13-16H2,1-3H3.